The monoisotopic (exact) mass is 253 g/mol. The van der Waals surface area contributed by atoms with E-state index in [4.69, 9.17) is 15.6 Å². The Balaban J connectivity index is 4.36. The second kappa shape index (κ2) is 5.60. The van der Waals surface area contributed by atoms with Gasteiger partial charge in [0.1, 0.15) is 11.0 Å². The lowest BCUT2D eigenvalue weighted by atomic mass is 10.2. The second-order valence-corrected chi connectivity index (χ2v) is 6.76. The summed E-state index contributed by atoms with van der Waals surface area (Å²) in [6, 6.07) is 0. The fourth-order valence-corrected chi connectivity index (χ4v) is 1.90. The van der Waals surface area contributed by atoms with Crippen LogP contribution in [-0.2, 0) is 19.4 Å². The predicted octanol–water partition coefficient (Wildman–Crippen LogP) is -0.590. The average molecular weight is 253 g/mol. The molecule has 0 bridgehead atoms. The van der Waals surface area contributed by atoms with Gasteiger partial charge in [0, 0.05) is 0 Å². The number of hydrogen-bond donors (Lipinski definition) is 2. The van der Waals surface area contributed by atoms with Crippen LogP contribution in [0.15, 0.2) is 0 Å². The molecule has 6 nitrogen and oxygen atoms in total. The molecule has 0 amide bonds. The van der Waals surface area contributed by atoms with Gasteiger partial charge in [-0.05, 0) is 20.8 Å². The topological polar surface area (TPSA) is 107 Å². The van der Waals surface area contributed by atoms with Crippen molar-refractivity contribution in [3.63, 3.8) is 0 Å². The van der Waals surface area contributed by atoms with E-state index in [2.05, 4.69) is 0 Å². The predicted molar refractivity (Wildman–Crippen MR) is 59.3 cm³/mol. The number of esters is 1. The standard InChI is InChI=1S/C9H19NO5S/c1-9(2,3)15-8(12)6-7(10)16(13,14)5-4-11/h7,11H,4-6,10H2,1-3H3. The molecule has 96 valence electrons. The Kier molecular flexibility index (Phi) is 5.37. The summed E-state index contributed by atoms with van der Waals surface area (Å²) in [6.07, 6.45) is -0.403. The van der Waals surface area contributed by atoms with Gasteiger partial charge in [0.2, 0.25) is 0 Å². The molecule has 0 aliphatic heterocycles. The van der Waals surface area contributed by atoms with Crippen molar-refractivity contribution in [3.8, 4) is 0 Å². The first-order chi connectivity index (χ1) is 7.08. The minimum atomic E-state index is -3.63. The van der Waals surface area contributed by atoms with Crippen molar-refractivity contribution in [2.45, 2.75) is 38.2 Å². The molecular weight excluding hydrogens is 234 g/mol. The molecule has 1 unspecified atom stereocenters. The van der Waals surface area contributed by atoms with E-state index in [1.54, 1.807) is 20.8 Å². The zero-order chi connectivity index (χ0) is 13.0. The van der Waals surface area contributed by atoms with Crippen molar-refractivity contribution >= 4 is 15.8 Å². The summed E-state index contributed by atoms with van der Waals surface area (Å²) < 4.78 is 27.6. The smallest absolute Gasteiger partial charge is 0.308 e. The molecule has 0 aromatic carbocycles. The van der Waals surface area contributed by atoms with E-state index >= 15 is 0 Å². The Hall–Kier alpha value is -0.660. The molecule has 0 aromatic rings. The number of ether oxygens (including phenoxy) is 1. The second-order valence-electron chi connectivity index (χ2n) is 4.42. The van der Waals surface area contributed by atoms with E-state index in [1.807, 2.05) is 0 Å². The maximum Gasteiger partial charge on any atom is 0.308 e. The van der Waals surface area contributed by atoms with Gasteiger partial charge < -0.3 is 15.6 Å². The van der Waals surface area contributed by atoms with E-state index in [0.717, 1.165) is 0 Å². The molecule has 0 aromatic heterocycles. The number of carbonyl (C=O) groups excluding carboxylic acids is 1. The third-order valence-corrected chi connectivity index (χ3v) is 3.47. The van der Waals surface area contributed by atoms with E-state index in [1.165, 1.54) is 0 Å². The first-order valence-electron chi connectivity index (χ1n) is 4.88. The molecular formula is C9H19NO5S. The molecule has 1 atom stereocenters. The summed E-state index contributed by atoms with van der Waals surface area (Å²) >= 11 is 0. The quantitative estimate of drug-likeness (QED) is 0.634. The summed E-state index contributed by atoms with van der Waals surface area (Å²) in [6.45, 7) is 4.53. The van der Waals surface area contributed by atoms with Crippen molar-refractivity contribution in [1.29, 1.82) is 0 Å². The molecule has 0 saturated carbocycles. The van der Waals surface area contributed by atoms with Crippen LogP contribution in [0, 0.1) is 0 Å². The van der Waals surface area contributed by atoms with Crippen molar-refractivity contribution in [3.05, 3.63) is 0 Å². The first-order valence-corrected chi connectivity index (χ1v) is 6.60. The number of hydrogen-bond acceptors (Lipinski definition) is 6. The summed E-state index contributed by atoms with van der Waals surface area (Å²) in [5.41, 5.74) is 4.69. The minimum absolute atomic E-state index is 0.403. The van der Waals surface area contributed by atoms with Crippen LogP contribution in [-0.4, -0.2) is 42.8 Å². The largest absolute Gasteiger partial charge is 0.460 e. The Morgan fingerprint density at radius 3 is 2.31 bits per heavy atom. The van der Waals surface area contributed by atoms with Gasteiger partial charge in [0.25, 0.3) is 0 Å². The van der Waals surface area contributed by atoms with Crippen LogP contribution in [0.4, 0.5) is 0 Å². The zero-order valence-electron chi connectivity index (χ0n) is 9.76. The molecule has 0 radical (unpaired) electrons. The van der Waals surface area contributed by atoms with Gasteiger partial charge in [-0.25, -0.2) is 8.42 Å². The molecule has 3 N–H and O–H groups in total. The van der Waals surface area contributed by atoms with Gasteiger partial charge in [-0.15, -0.1) is 0 Å². The lowest BCUT2D eigenvalue weighted by Crippen LogP contribution is -2.37. The number of rotatable bonds is 5. The fraction of sp³-hybridized carbons (Fsp3) is 0.889. The summed E-state index contributed by atoms with van der Waals surface area (Å²) in [7, 11) is -3.63. The molecule has 0 heterocycles. The van der Waals surface area contributed by atoms with Crippen LogP contribution in [0.1, 0.15) is 27.2 Å². The van der Waals surface area contributed by atoms with Crippen LogP contribution < -0.4 is 5.73 Å². The van der Waals surface area contributed by atoms with Crippen molar-refractivity contribution < 1.29 is 23.1 Å². The van der Waals surface area contributed by atoms with Crippen LogP contribution in [0.5, 0.6) is 0 Å². The number of nitrogens with two attached hydrogens (primary N) is 1. The van der Waals surface area contributed by atoms with Crippen LogP contribution >= 0.6 is 0 Å². The average Bonchev–Trinajstić information content (AvgIpc) is 1.99. The van der Waals surface area contributed by atoms with Gasteiger partial charge in [-0.1, -0.05) is 0 Å². The Labute approximate surface area is 95.7 Å². The maximum absolute atomic E-state index is 11.3. The molecule has 0 aliphatic carbocycles. The highest BCUT2D eigenvalue weighted by Crippen LogP contribution is 2.10. The number of sulfone groups is 1. The summed E-state index contributed by atoms with van der Waals surface area (Å²) in [4.78, 5) is 11.3. The number of carbonyl (C=O) groups is 1. The normalized spacial score (nSPS) is 14.6. The molecule has 7 heteroatoms. The Bertz CT molecular complexity index is 330. The minimum Gasteiger partial charge on any atom is -0.460 e. The third-order valence-electron chi connectivity index (χ3n) is 1.62. The van der Waals surface area contributed by atoms with Crippen molar-refractivity contribution in [2.75, 3.05) is 12.4 Å². The number of aliphatic hydroxyl groups is 1. The molecule has 0 rings (SSSR count). The van der Waals surface area contributed by atoms with Crippen molar-refractivity contribution in [1.82, 2.24) is 0 Å². The molecule has 0 spiro atoms. The van der Waals surface area contributed by atoms with Crippen LogP contribution in [0.25, 0.3) is 0 Å². The van der Waals surface area contributed by atoms with Crippen LogP contribution in [0.2, 0.25) is 0 Å². The number of aliphatic hydroxyl groups excluding tert-OH is 1. The molecule has 0 saturated heterocycles. The van der Waals surface area contributed by atoms with Gasteiger partial charge in [-0.3, -0.25) is 4.79 Å². The van der Waals surface area contributed by atoms with Gasteiger partial charge in [0.15, 0.2) is 9.84 Å². The first kappa shape index (κ1) is 15.3. The van der Waals surface area contributed by atoms with E-state index in [0.29, 0.717) is 0 Å². The van der Waals surface area contributed by atoms with E-state index in [-0.39, 0.29) is 0 Å². The Morgan fingerprint density at radius 2 is 1.94 bits per heavy atom. The lowest BCUT2D eigenvalue weighted by Gasteiger charge is -2.20. The van der Waals surface area contributed by atoms with Gasteiger partial charge in [0.05, 0.1) is 18.8 Å². The zero-order valence-corrected chi connectivity index (χ0v) is 10.6. The highest BCUT2D eigenvalue weighted by Gasteiger charge is 2.26. The molecule has 16 heavy (non-hydrogen) atoms. The summed E-state index contributed by atoms with van der Waals surface area (Å²) in [5.74, 6) is -1.11. The maximum atomic E-state index is 11.3. The summed E-state index contributed by atoms with van der Waals surface area (Å²) in [5, 5.41) is 7.20. The van der Waals surface area contributed by atoms with Gasteiger partial charge >= 0.3 is 5.97 Å². The van der Waals surface area contributed by atoms with Gasteiger partial charge in [-0.2, -0.15) is 0 Å². The molecule has 0 fully saturated rings. The van der Waals surface area contributed by atoms with Crippen molar-refractivity contribution in [2.24, 2.45) is 5.73 Å². The SMILES string of the molecule is CC(C)(C)OC(=O)CC(N)S(=O)(=O)CCO. The van der Waals surface area contributed by atoms with E-state index < -0.39 is 45.6 Å². The third kappa shape index (κ3) is 6.04. The lowest BCUT2D eigenvalue weighted by molar-refractivity contribution is -0.154. The Morgan fingerprint density at radius 1 is 1.44 bits per heavy atom. The van der Waals surface area contributed by atoms with E-state index in [9.17, 15) is 13.2 Å². The highest BCUT2D eigenvalue weighted by atomic mass is 32.2. The highest BCUT2D eigenvalue weighted by molar-refractivity contribution is 7.92. The fourth-order valence-electron chi connectivity index (χ4n) is 0.953. The van der Waals surface area contributed by atoms with Crippen LogP contribution in [0.3, 0.4) is 0 Å². The molecule has 0 aliphatic rings.